The fourth-order valence-corrected chi connectivity index (χ4v) is 3.22. The van der Waals surface area contributed by atoms with Crippen molar-refractivity contribution in [2.75, 3.05) is 31.4 Å². The van der Waals surface area contributed by atoms with Crippen molar-refractivity contribution in [1.82, 2.24) is 5.32 Å². The van der Waals surface area contributed by atoms with Crippen LogP contribution in [-0.2, 0) is 9.53 Å². The molecule has 1 aromatic rings. The van der Waals surface area contributed by atoms with Crippen molar-refractivity contribution < 1.29 is 9.53 Å². The minimum absolute atomic E-state index is 0.151. The van der Waals surface area contributed by atoms with Crippen LogP contribution in [0.4, 0.5) is 5.69 Å². The summed E-state index contributed by atoms with van der Waals surface area (Å²) in [5, 5.41) is 3.49. The predicted molar refractivity (Wildman–Crippen MR) is 79.5 cm³/mol. The standard InChI is InChI=1S/C14H20N2O2S/c1-4-18-14(17)12-9-19-13(15-12)10-5-7-11(8-6-10)16(2)3/h5-8,12-13,15H,4,9H2,1-3H3. The van der Waals surface area contributed by atoms with Crippen molar-refractivity contribution in [2.24, 2.45) is 0 Å². The summed E-state index contributed by atoms with van der Waals surface area (Å²) in [7, 11) is 4.04. The van der Waals surface area contributed by atoms with Crippen LogP contribution < -0.4 is 10.2 Å². The normalized spacial score (nSPS) is 22.3. The van der Waals surface area contributed by atoms with Gasteiger partial charge in [0.05, 0.1) is 12.0 Å². The van der Waals surface area contributed by atoms with Crippen molar-refractivity contribution in [3.8, 4) is 0 Å². The number of esters is 1. The van der Waals surface area contributed by atoms with Crippen LogP contribution >= 0.6 is 11.8 Å². The van der Waals surface area contributed by atoms with Gasteiger partial charge < -0.3 is 9.64 Å². The van der Waals surface area contributed by atoms with Crippen LogP contribution in [0.25, 0.3) is 0 Å². The van der Waals surface area contributed by atoms with Gasteiger partial charge in [-0.05, 0) is 24.6 Å². The van der Waals surface area contributed by atoms with Crippen LogP contribution in [-0.4, -0.2) is 38.5 Å². The summed E-state index contributed by atoms with van der Waals surface area (Å²) in [4.78, 5) is 13.7. The summed E-state index contributed by atoms with van der Waals surface area (Å²) in [5.74, 6) is 0.612. The van der Waals surface area contributed by atoms with Gasteiger partial charge in [-0.15, -0.1) is 11.8 Å². The third-order valence-electron chi connectivity index (χ3n) is 3.07. The number of carbonyl (C=O) groups excluding carboxylic acids is 1. The first-order valence-corrected chi connectivity index (χ1v) is 7.48. The Hall–Kier alpha value is -1.20. The summed E-state index contributed by atoms with van der Waals surface area (Å²) < 4.78 is 5.04. The molecule has 0 radical (unpaired) electrons. The quantitative estimate of drug-likeness (QED) is 0.855. The Kier molecular flexibility index (Phi) is 4.71. The average Bonchev–Trinajstić information content (AvgIpc) is 2.89. The van der Waals surface area contributed by atoms with Gasteiger partial charge in [-0.1, -0.05) is 12.1 Å². The van der Waals surface area contributed by atoms with E-state index in [2.05, 4.69) is 34.5 Å². The van der Waals surface area contributed by atoms with E-state index in [4.69, 9.17) is 4.74 Å². The van der Waals surface area contributed by atoms with Crippen LogP contribution in [0.15, 0.2) is 24.3 Å². The lowest BCUT2D eigenvalue weighted by Gasteiger charge is -2.16. The Labute approximate surface area is 118 Å². The van der Waals surface area contributed by atoms with Crippen molar-refractivity contribution in [1.29, 1.82) is 0 Å². The molecule has 0 spiro atoms. The minimum atomic E-state index is -0.191. The number of thioether (sulfide) groups is 1. The van der Waals surface area contributed by atoms with E-state index in [1.54, 1.807) is 11.8 Å². The van der Waals surface area contributed by atoms with Crippen LogP contribution in [0.2, 0.25) is 0 Å². The average molecular weight is 280 g/mol. The van der Waals surface area contributed by atoms with Gasteiger partial charge in [-0.2, -0.15) is 0 Å². The zero-order chi connectivity index (χ0) is 13.8. The van der Waals surface area contributed by atoms with Crippen LogP contribution in [0, 0.1) is 0 Å². The number of hydrogen-bond acceptors (Lipinski definition) is 5. The molecule has 1 heterocycles. The Morgan fingerprint density at radius 3 is 2.68 bits per heavy atom. The Bertz CT molecular complexity index is 434. The molecule has 2 unspecified atom stereocenters. The second-order valence-electron chi connectivity index (χ2n) is 4.67. The first-order valence-electron chi connectivity index (χ1n) is 6.43. The molecule has 4 nitrogen and oxygen atoms in total. The molecule has 1 aliphatic heterocycles. The molecule has 0 bridgehead atoms. The maximum atomic E-state index is 11.7. The van der Waals surface area contributed by atoms with E-state index in [0.29, 0.717) is 6.61 Å². The Morgan fingerprint density at radius 2 is 2.11 bits per heavy atom. The molecule has 0 amide bonds. The highest BCUT2D eigenvalue weighted by molar-refractivity contribution is 7.99. The van der Waals surface area contributed by atoms with Gasteiger partial charge in [-0.3, -0.25) is 10.1 Å². The van der Waals surface area contributed by atoms with Gasteiger partial charge in [0, 0.05) is 25.5 Å². The fraction of sp³-hybridized carbons (Fsp3) is 0.500. The highest BCUT2D eigenvalue weighted by Crippen LogP contribution is 2.33. The smallest absolute Gasteiger partial charge is 0.324 e. The fourth-order valence-electron chi connectivity index (χ4n) is 1.99. The minimum Gasteiger partial charge on any atom is -0.465 e. The van der Waals surface area contributed by atoms with Gasteiger partial charge in [0.1, 0.15) is 6.04 Å². The van der Waals surface area contributed by atoms with E-state index >= 15 is 0 Å². The molecule has 0 aliphatic carbocycles. The van der Waals surface area contributed by atoms with Gasteiger partial charge in [-0.25, -0.2) is 0 Å². The van der Waals surface area contributed by atoms with E-state index in [0.717, 1.165) is 5.75 Å². The first-order chi connectivity index (χ1) is 9.11. The van der Waals surface area contributed by atoms with Gasteiger partial charge in [0.15, 0.2) is 0 Å². The zero-order valence-corrected chi connectivity index (χ0v) is 12.4. The number of benzene rings is 1. The zero-order valence-electron chi connectivity index (χ0n) is 11.6. The van der Waals surface area contributed by atoms with E-state index in [1.807, 2.05) is 21.0 Å². The van der Waals surface area contributed by atoms with Crippen molar-refractivity contribution >= 4 is 23.4 Å². The molecule has 1 N–H and O–H groups in total. The lowest BCUT2D eigenvalue weighted by atomic mass is 10.2. The van der Waals surface area contributed by atoms with Crippen molar-refractivity contribution in [3.63, 3.8) is 0 Å². The largest absolute Gasteiger partial charge is 0.465 e. The van der Waals surface area contributed by atoms with Crippen LogP contribution in [0.3, 0.4) is 0 Å². The molecular weight excluding hydrogens is 260 g/mol. The van der Waals surface area contributed by atoms with Gasteiger partial charge >= 0.3 is 5.97 Å². The molecule has 1 saturated heterocycles. The molecule has 19 heavy (non-hydrogen) atoms. The maximum absolute atomic E-state index is 11.7. The van der Waals surface area contributed by atoms with Crippen molar-refractivity contribution in [3.05, 3.63) is 29.8 Å². The first kappa shape index (κ1) is 14.2. The van der Waals surface area contributed by atoms with Gasteiger partial charge in [0.2, 0.25) is 0 Å². The highest BCUT2D eigenvalue weighted by Gasteiger charge is 2.31. The molecule has 0 saturated carbocycles. The van der Waals surface area contributed by atoms with Crippen molar-refractivity contribution in [2.45, 2.75) is 18.3 Å². The number of hydrogen-bond donors (Lipinski definition) is 1. The van der Waals surface area contributed by atoms with Gasteiger partial charge in [0.25, 0.3) is 0 Å². The molecule has 104 valence electrons. The Morgan fingerprint density at radius 1 is 1.42 bits per heavy atom. The summed E-state index contributed by atoms with van der Waals surface area (Å²) in [6, 6.07) is 8.20. The summed E-state index contributed by atoms with van der Waals surface area (Å²) in [6.07, 6.45) is 0. The highest BCUT2D eigenvalue weighted by atomic mass is 32.2. The summed E-state index contributed by atoms with van der Waals surface area (Å²) >= 11 is 1.75. The molecular formula is C14H20N2O2S. The number of nitrogens with zero attached hydrogens (tertiary/aromatic N) is 1. The molecule has 1 aromatic carbocycles. The maximum Gasteiger partial charge on any atom is 0.324 e. The van der Waals surface area contributed by atoms with E-state index in [9.17, 15) is 4.79 Å². The SMILES string of the molecule is CCOC(=O)C1CSC(c2ccc(N(C)C)cc2)N1. The Balaban J connectivity index is 1.98. The summed E-state index contributed by atoms with van der Waals surface area (Å²) in [6.45, 7) is 2.27. The topological polar surface area (TPSA) is 41.6 Å². The molecule has 2 rings (SSSR count). The third-order valence-corrected chi connectivity index (χ3v) is 4.33. The molecule has 1 fully saturated rings. The number of nitrogens with one attached hydrogen (secondary N) is 1. The number of anilines is 1. The van der Waals surface area contributed by atoms with E-state index in [1.165, 1.54) is 11.3 Å². The molecule has 1 aliphatic rings. The predicted octanol–water partition coefficient (Wildman–Crippen LogP) is 2.02. The molecule has 2 atom stereocenters. The molecule has 5 heteroatoms. The number of ether oxygens (including phenoxy) is 1. The van der Waals surface area contributed by atoms with Crippen LogP contribution in [0.5, 0.6) is 0 Å². The second kappa shape index (κ2) is 6.30. The lowest BCUT2D eigenvalue weighted by Crippen LogP contribution is -2.35. The third kappa shape index (κ3) is 3.42. The van der Waals surface area contributed by atoms with E-state index < -0.39 is 0 Å². The lowest BCUT2D eigenvalue weighted by molar-refractivity contribution is -0.144. The van der Waals surface area contributed by atoms with E-state index in [-0.39, 0.29) is 17.4 Å². The molecule has 0 aromatic heterocycles. The monoisotopic (exact) mass is 280 g/mol. The summed E-state index contributed by atoms with van der Waals surface area (Å²) in [5.41, 5.74) is 2.37. The number of carbonyl (C=O) groups is 1. The second-order valence-corrected chi connectivity index (χ2v) is 5.81. The van der Waals surface area contributed by atoms with Crippen LogP contribution in [0.1, 0.15) is 17.9 Å². The number of rotatable bonds is 4.